The van der Waals surface area contributed by atoms with Crippen molar-refractivity contribution in [2.45, 2.75) is 6.54 Å². The third-order valence-electron chi connectivity index (χ3n) is 4.95. The predicted octanol–water partition coefficient (Wildman–Crippen LogP) is 5.23. The molecule has 0 unspecified atom stereocenters. The molecule has 1 heterocycles. The lowest BCUT2D eigenvalue weighted by molar-refractivity contribution is -0.117. The van der Waals surface area contributed by atoms with Gasteiger partial charge in [-0.25, -0.2) is 4.39 Å². The number of aromatic nitrogens is 1. The van der Waals surface area contributed by atoms with Gasteiger partial charge in [0, 0.05) is 16.0 Å². The number of nitrogens with one attached hydrogen (secondary N) is 1. The summed E-state index contributed by atoms with van der Waals surface area (Å²) in [6.45, 7) is -0.142. The summed E-state index contributed by atoms with van der Waals surface area (Å²) in [5.41, 5.74) is 1.70. The fraction of sp³-hybridized carbons (Fsp3) is 0.0833. The van der Waals surface area contributed by atoms with Crippen LogP contribution < -0.4 is 5.32 Å². The third-order valence-corrected chi connectivity index (χ3v) is 5.32. The van der Waals surface area contributed by atoms with E-state index in [2.05, 4.69) is 15.5 Å². The number of fused-ring (bicyclic) bond motifs is 1. The Morgan fingerprint density at radius 2 is 1.79 bits per heavy atom. The molecular weight excluding hydrogens is 447 g/mol. The Morgan fingerprint density at radius 1 is 1.03 bits per heavy atom. The minimum Gasteiger partial charge on any atom is -0.493 e. The second-order valence-corrected chi connectivity index (χ2v) is 7.56. The van der Waals surface area contributed by atoms with E-state index < -0.39 is 24.2 Å². The minimum atomic E-state index is -0.734. The van der Waals surface area contributed by atoms with Crippen molar-refractivity contribution in [1.82, 2.24) is 9.88 Å². The fourth-order valence-corrected chi connectivity index (χ4v) is 3.55. The molecule has 1 aromatic heterocycles. The number of rotatable bonds is 6. The molecule has 166 valence electrons. The van der Waals surface area contributed by atoms with E-state index in [0.29, 0.717) is 22.5 Å². The predicted molar refractivity (Wildman–Crippen MR) is 122 cm³/mol. The summed E-state index contributed by atoms with van der Waals surface area (Å²) >= 11 is 6.26. The van der Waals surface area contributed by atoms with E-state index in [4.69, 9.17) is 11.6 Å². The zero-order chi connectivity index (χ0) is 23.4. The average molecular weight is 465 g/mol. The monoisotopic (exact) mass is 464 g/mol. The maximum Gasteiger partial charge on any atom is 0.283 e. The Hall–Kier alpha value is -4.04. The van der Waals surface area contributed by atoms with Crippen molar-refractivity contribution in [3.8, 4) is 5.88 Å². The number of nitrogens with zero attached hydrogens (tertiary/aromatic N) is 3. The van der Waals surface area contributed by atoms with E-state index in [0.717, 1.165) is 11.6 Å². The normalized spacial score (nSPS) is 11.2. The lowest BCUT2D eigenvalue weighted by Gasteiger charge is -2.08. The van der Waals surface area contributed by atoms with Gasteiger partial charge in [0.05, 0.1) is 12.1 Å². The molecule has 0 aliphatic carbocycles. The highest BCUT2D eigenvalue weighted by atomic mass is 35.5. The van der Waals surface area contributed by atoms with Crippen molar-refractivity contribution in [3.05, 3.63) is 94.8 Å². The summed E-state index contributed by atoms with van der Waals surface area (Å²) in [7, 11) is 0. The number of hydrogen-bond acceptors (Lipinski definition) is 4. The van der Waals surface area contributed by atoms with Gasteiger partial charge in [-0.1, -0.05) is 54.1 Å². The van der Waals surface area contributed by atoms with E-state index in [-0.39, 0.29) is 17.1 Å². The van der Waals surface area contributed by atoms with E-state index in [1.54, 1.807) is 22.8 Å². The molecular formula is C24H18ClFN4O3. The summed E-state index contributed by atoms with van der Waals surface area (Å²) in [4.78, 5) is 24.2. The van der Waals surface area contributed by atoms with E-state index in [9.17, 15) is 19.1 Å². The maximum absolute atomic E-state index is 13.2. The van der Waals surface area contributed by atoms with E-state index >= 15 is 0 Å². The summed E-state index contributed by atoms with van der Waals surface area (Å²) in [6.07, 6.45) is 0. The molecule has 0 bridgehead atoms. The second kappa shape index (κ2) is 9.62. The molecule has 0 fully saturated rings. The zero-order valence-electron chi connectivity index (χ0n) is 17.2. The van der Waals surface area contributed by atoms with E-state index in [1.165, 1.54) is 18.2 Å². The van der Waals surface area contributed by atoms with E-state index in [1.807, 2.05) is 30.3 Å². The van der Waals surface area contributed by atoms with Gasteiger partial charge in [-0.3, -0.25) is 9.59 Å². The van der Waals surface area contributed by atoms with Gasteiger partial charge < -0.3 is 15.0 Å². The summed E-state index contributed by atoms with van der Waals surface area (Å²) in [5, 5.41) is 21.9. The molecule has 2 N–H and O–H groups in total. The fourth-order valence-electron chi connectivity index (χ4n) is 3.36. The Balaban J connectivity index is 1.53. The average Bonchev–Trinajstić information content (AvgIpc) is 3.08. The second-order valence-electron chi connectivity index (χ2n) is 7.15. The Labute approximate surface area is 193 Å². The van der Waals surface area contributed by atoms with Crippen LogP contribution in [0.25, 0.3) is 10.9 Å². The Kier molecular flexibility index (Phi) is 6.46. The highest BCUT2D eigenvalue weighted by Crippen LogP contribution is 2.39. The first kappa shape index (κ1) is 22.2. The molecule has 0 spiro atoms. The van der Waals surface area contributed by atoms with Crippen LogP contribution in [0.15, 0.2) is 83.0 Å². The quantitative estimate of drug-likeness (QED) is 0.382. The van der Waals surface area contributed by atoms with Crippen LogP contribution in [0.1, 0.15) is 15.9 Å². The molecule has 0 radical (unpaired) electrons. The first-order valence-corrected chi connectivity index (χ1v) is 10.3. The maximum atomic E-state index is 13.2. The van der Waals surface area contributed by atoms with Crippen molar-refractivity contribution in [2.75, 3.05) is 6.54 Å². The van der Waals surface area contributed by atoms with Crippen LogP contribution in [0, 0.1) is 5.82 Å². The van der Waals surface area contributed by atoms with Crippen molar-refractivity contribution < 1.29 is 19.1 Å². The number of carbonyl (C=O) groups excluding carboxylic acids is 2. The number of azo groups is 1. The van der Waals surface area contributed by atoms with Crippen LogP contribution >= 0.6 is 11.6 Å². The summed E-state index contributed by atoms with van der Waals surface area (Å²) in [5.74, 6) is -2.08. The number of hydrogen-bond donors (Lipinski definition) is 2. The molecule has 0 aliphatic heterocycles. The third kappa shape index (κ3) is 4.91. The lowest BCUT2D eigenvalue weighted by atomic mass is 10.2. The topological polar surface area (TPSA) is 96.1 Å². The molecule has 7 nitrogen and oxygen atoms in total. The van der Waals surface area contributed by atoms with Crippen LogP contribution in [0.2, 0.25) is 5.02 Å². The molecule has 0 aliphatic rings. The zero-order valence-corrected chi connectivity index (χ0v) is 18.0. The number of para-hydroxylation sites is 1. The van der Waals surface area contributed by atoms with Gasteiger partial charge in [-0.2, -0.15) is 0 Å². The number of amides is 2. The molecule has 0 saturated heterocycles. The van der Waals surface area contributed by atoms with Crippen LogP contribution in [0.5, 0.6) is 5.88 Å². The first-order chi connectivity index (χ1) is 15.9. The highest BCUT2D eigenvalue weighted by Gasteiger charge is 2.18. The molecule has 9 heteroatoms. The Morgan fingerprint density at radius 3 is 2.58 bits per heavy atom. The molecule has 33 heavy (non-hydrogen) atoms. The lowest BCUT2D eigenvalue weighted by Crippen LogP contribution is -2.28. The number of halogens is 2. The highest BCUT2D eigenvalue weighted by molar-refractivity contribution is 6.31. The first-order valence-electron chi connectivity index (χ1n) is 9.96. The molecule has 3 aromatic carbocycles. The number of aromatic hydroxyl groups is 1. The van der Waals surface area contributed by atoms with Gasteiger partial charge in [-0.05, 0) is 35.9 Å². The van der Waals surface area contributed by atoms with Crippen LogP contribution in [0.3, 0.4) is 0 Å². The van der Waals surface area contributed by atoms with Crippen molar-refractivity contribution in [2.24, 2.45) is 10.2 Å². The molecule has 0 saturated carbocycles. The Bertz CT molecular complexity index is 1380. The SMILES string of the molecule is O=C(CNC(=O)c1cccc(F)c1)N=Nc1c(O)n(Cc2ccccc2Cl)c2ccccc12. The summed E-state index contributed by atoms with van der Waals surface area (Å²) < 4.78 is 14.9. The van der Waals surface area contributed by atoms with Crippen molar-refractivity contribution in [1.29, 1.82) is 0 Å². The summed E-state index contributed by atoms with van der Waals surface area (Å²) in [6, 6.07) is 19.5. The standard InChI is InChI=1S/C24H18ClFN4O3/c25-19-10-3-1-6-16(19)14-30-20-11-4-2-9-18(20)22(24(30)33)29-28-21(31)13-27-23(32)15-7-5-8-17(26)12-15/h1-12,33H,13-14H2,(H,27,32). The van der Waals surface area contributed by atoms with Crippen LogP contribution in [-0.2, 0) is 11.3 Å². The smallest absolute Gasteiger partial charge is 0.283 e. The van der Waals surface area contributed by atoms with Gasteiger partial charge in [0.1, 0.15) is 12.4 Å². The molecule has 4 rings (SSSR count). The largest absolute Gasteiger partial charge is 0.493 e. The molecule has 2 amide bonds. The van der Waals surface area contributed by atoms with Crippen LogP contribution in [0.4, 0.5) is 10.1 Å². The van der Waals surface area contributed by atoms with Crippen molar-refractivity contribution in [3.63, 3.8) is 0 Å². The van der Waals surface area contributed by atoms with Crippen molar-refractivity contribution >= 4 is 40.0 Å². The van der Waals surface area contributed by atoms with Gasteiger partial charge in [0.15, 0.2) is 5.69 Å². The van der Waals surface area contributed by atoms with Gasteiger partial charge in [-0.15, -0.1) is 10.2 Å². The van der Waals surface area contributed by atoms with Gasteiger partial charge in [0.2, 0.25) is 5.88 Å². The van der Waals surface area contributed by atoms with Gasteiger partial charge >= 0.3 is 0 Å². The van der Waals surface area contributed by atoms with Gasteiger partial charge in [0.25, 0.3) is 11.8 Å². The minimum absolute atomic E-state index is 0.0834. The molecule has 0 atom stereocenters. The number of benzene rings is 3. The molecule has 4 aromatic rings. The number of carbonyl (C=O) groups is 2. The van der Waals surface area contributed by atoms with Crippen LogP contribution in [-0.4, -0.2) is 28.0 Å².